The number of rotatable bonds is 9. The van der Waals surface area contributed by atoms with E-state index in [0.29, 0.717) is 0 Å². The maximum Gasteiger partial charge on any atom is 0.329 e. The first-order valence-corrected chi connectivity index (χ1v) is 8.83. The number of carbonyl (C=O) groups excluding carboxylic acids is 3. The second-order valence-electron chi connectivity index (χ2n) is 8.26. The zero-order valence-corrected chi connectivity index (χ0v) is 17.0. The van der Waals surface area contributed by atoms with Crippen molar-refractivity contribution in [3.05, 3.63) is 0 Å². The van der Waals surface area contributed by atoms with Crippen molar-refractivity contribution >= 4 is 23.8 Å². The molecule has 0 bridgehead atoms. The van der Waals surface area contributed by atoms with E-state index >= 15 is 0 Å². The maximum absolute atomic E-state index is 12.4. The summed E-state index contributed by atoms with van der Waals surface area (Å²) in [5.41, 5.74) is 4.22. The van der Waals surface area contributed by atoms with Gasteiger partial charge in [-0.1, -0.05) is 0 Å². The van der Waals surface area contributed by atoms with E-state index in [9.17, 15) is 19.2 Å². The number of nitrogens with two attached hydrogens (primary N) is 1. The molecule has 9 nitrogen and oxygen atoms in total. The number of nitrogens with one attached hydrogen (secondary N) is 1. The molecule has 0 heterocycles. The lowest BCUT2D eigenvalue weighted by atomic mass is 10.1. The Labute approximate surface area is 160 Å². The summed E-state index contributed by atoms with van der Waals surface area (Å²) in [4.78, 5) is 47.0. The van der Waals surface area contributed by atoms with Crippen molar-refractivity contribution in [3.8, 4) is 0 Å². The Hall–Kier alpha value is -2.16. The zero-order chi connectivity index (χ0) is 21.4. The molecule has 0 aromatic rings. The Morgan fingerprint density at radius 3 is 1.89 bits per heavy atom. The lowest BCUT2D eigenvalue weighted by molar-refractivity contribution is -0.160. The Kier molecular flexibility index (Phi) is 9.43. The molecule has 1 amide bonds. The van der Waals surface area contributed by atoms with Crippen LogP contribution < -0.4 is 11.1 Å². The standard InChI is InChI=1S/C18H32N2O7/c1-17(2,3)26-14(23)10-8-12(16(25)27-18(4,5)6)20-15(24)11(19)7-9-13(21)22/h11-12H,7-10,19H2,1-6H3,(H,20,24)(H,21,22)/t11-,12-/m1/s1. The topological polar surface area (TPSA) is 145 Å². The van der Waals surface area contributed by atoms with Gasteiger partial charge in [-0.2, -0.15) is 0 Å². The lowest BCUT2D eigenvalue weighted by Crippen LogP contribution is -2.50. The number of carboxylic acid groups (broad SMARTS) is 1. The first kappa shape index (κ1) is 24.8. The van der Waals surface area contributed by atoms with Crippen molar-refractivity contribution < 1.29 is 33.8 Å². The minimum Gasteiger partial charge on any atom is -0.481 e. The van der Waals surface area contributed by atoms with E-state index in [-0.39, 0.29) is 25.7 Å². The summed E-state index contributed by atoms with van der Waals surface area (Å²) < 4.78 is 10.5. The average Bonchev–Trinajstić information content (AvgIpc) is 2.44. The summed E-state index contributed by atoms with van der Waals surface area (Å²) in [5, 5.41) is 11.1. The molecule has 0 aliphatic heterocycles. The molecule has 27 heavy (non-hydrogen) atoms. The molecule has 156 valence electrons. The van der Waals surface area contributed by atoms with Crippen LogP contribution in [0.25, 0.3) is 0 Å². The number of esters is 2. The van der Waals surface area contributed by atoms with Gasteiger partial charge in [0.25, 0.3) is 0 Å². The maximum atomic E-state index is 12.4. The fraction of sp³-hybridized carbons (Fsp3) is 0.778. The number of hydrogen-bond donors (Lipinski definition) is 3. The highest BCUT2D eigenvalue weighted by atomic mass is 16.6. The second-order valence-corrected chi connectivity index (χ2v) is 8.26. The quantitative estimate of drug-likeness (QED) is 0.498. The van der Waals surface area contributed by atoms with Crippen molar-refractivity contribution in [3.63, 3.8) is 0 Å². The third kappa shape index (κ3) is 12.8. The normalized spacial score (nSPS) is 14.0. The highest BCUT2D eigenvalue weighted by Gasteiger charge is 2.29. The summed E-state index contributed by atoms with van der Waals surface area (Å²) in [7, 11) is 0. The van der Waals surface area contributed by atoms with Crippen molar-refractivity contribution in [2.24, 2.45) is 5.73 Å². The molecule has 2 atom stereocenters. The Balaban J connectivity index is 4.97. The minimum atomic E-state index is -1.10. The van der Waals surface area contributed by atoms with Gasteiger partial charge in [0.2, 0.25) is 5.91 Å². The third-order valence-electron chi connectivity index (χ3n) is 3.07. The first-order chi connectivity index (χ1) is 12.1. The van der Waals surface area contributed by atoms with Crippen LogP contribution in [0.4, 0.5) is 0 Å². The van der Waals surface area contributed by atoms with Crippen LogP contribution in [-0.2, 0) is 28.7 Å². The van der Waals surface area contributed by atoms with Gasteiger partial charge >= 0.3 is 17.9 Å². The van der Waals surface area contributed by atoms with Crippen molar-refractivity contribution in [2.75, 3.05) is 0 Å². The van der Waals surface area contributed by atoms with E-state index in [1.54, 1.807) is 41.5 Å². The van der Waals surface area contributed by atoms with E-state index in [2.05, 4.69) is 5.32 Å². The van der Waals surface area contributed by atoms with Gasteiger partial charge in [0.15, 0.2) is 0 Å². The van der Waals surface area contributed by atoms with Crippen LogP contribution in [0.1, 0.15) is 67.2 Å². The average molecular weight is 388 g/mol. The summed E-state index contributed by atoms with van der Waals surface area (Å²) in [6, 6.07) is -2.19. The largest absolute Gasteiger partial charge is 0.481 e. The smallest absolute Gasteiger partial charge is 0.329 e. The molecule has 0 saturated heterocycles. The van der Waals surface area contributed by atoms with Crippen molar-refractivity contribution in [1.82, 2.24) is 5.32 Å². The predicted molar refractivity (Wildman–Crippen MR) is 97.7 cm³/mol. The number of ether oxygens (including phenoxy) is 2. The van der Waals surface area contributed by atoms with Gasteiger partial charge in [-0.3, -0.25) is 14.4 Å². The number of carboxylic acids is 1. The predicted octanol–water partition coefficient (Wildman–Crippen LogP) is 1.13. The number of carbonyl (C=O) groups is 4. The number of aliphatic carboxylic acids is 1. The van der Waals surface area contributed by atoms with E-state index in [1.807, 2.05) is 0 Å². The van der Waals surface area contributed by atoms with Gasteiger partial charge in [-0.15, -0.1) is 0 Å². The highest BCUT2D eigenvalue weighted by Crippen LogP contribution is 2.14. The number of hydrogen-bond acceptors (Lipinski definition) is 7. The second kappa shape index (κ2) is 10.2. The Bertz CT molecular complexity index is 547. The van der Waals surface area contributed by atoms with Gasteiger partial charge in [0, 0.05) is 12.8 Å². The summed E-state index contributed by atoms with van der Waals surface area (Å²) in [6.07, 6.45) is -0.481. The van der Waals surface area contributed by atoms with Crippen LogP contribution >= 0.6 is 0 Å². The minimum absolute atomic E-state index is 0.0266. The molecule has 9 heteroatoms. The van der Waals surface area contributed by atoms with E-state index in [0.717, 1.165) is 0 Å². The molecular formula is C18H32N2O7. The lowest BCUT2D eigenvalue weighted by Gasteiger charge is -2.26. The fourth-order valence-corrected chi connectivity index (χ4v) is 1.97. The van der Waals surface area contributed by atoms with Gasteiger partial charge in [-0.25, -0.2) is 4.79 Å². The first-order valence-electron chi connectivity index (χ1n) is 8.83. The molecule has 0 unspecified atom stereocenters. The third-order valence-corrected chi connectivity index (χ3v) is 3.07. The Morgan fingerprint density at radius 1 is 0.926 bits per heavy atom. The molecule has 4 N–H and O–H groups in total. The van der Waals surface area contributed by atoms with Crippen LogP contribution in [0.5, 0.6) is 0 Å². The molecule has 0 radical (unpaired) electrons. The van der Waals surface area contributed by atoms with Crippen molar-refractivity contribution in [1.29, 1.82) is 0 Å². The van der Waals surface area contributed by atoms with Gasteiger partial charge in [0.1, 0.15) is 17.2 Å². The number of amides is 1. The monoisotopic (exact) mass is 388 g/mol. The molecule has 0 aromatic carbocycles. The molecule has 0 aromatic heterocycles. The molecule has 0 rings (SSSR count). The van der Waals surface area contributed by atoms with Gasteiger partial charge in [-0.05, 0) is 54.4 Å². The molecule has 0 aliphatic carbocycles. The van der Waals surface area contributed by atoms with Gasteiger partial charge in [0.05, 0.1) is 6.04 Å². The molecule has 0 fully saturated rings. The van der Waals surface area contributed by atoms with Gasteiger partial charge < -0.3 is 25.6 Å². The van der Waals surface area contributed by atoms with Crippen LogP contribution in [-0.4, -0.2) is 52.2 Å². The Morgan fingerprint density at radius 2 is 1.44 bits per heavy atom. The fourth-order valence-electron chi connectivity index (χ4n) is 1.97. The molecular weight excluding hydrogens is 356 g/mol. The van der Waals surface area contributed by atoms with Crippen LogP contribution in [0.3, 0.4) is 0 Å². The SMILES string of the molecule is CC(C)(C)OC(=O)CC[C@@H](NC(=O)[C@H](N)CCC(=O)O)C(=O)OC(C)(C)C. The summed E-state index contributed by atoms with van der Waals surface area (Å²) in [6.45, 7) is 10.2. The van der Waals surface area contributed by atoms with E-state index < -0.39 is 47.1 Å². The molecule has 0 spiro atoms. The van der Waals surface area contributed by atoms with Crippen LogP contribution in [0.15, 0.2) is 0 Å². The van der Waals surface area contributed by atoms with Crippen LogP contribution in [0.2, 0.25) is 0 Å². The van der Waals surface area contributed by atoms with E-state index in [1.165, 1.54) is 0 Å². The van der Waals surface area contributed by atoms with Crippen LogP contribution in [0, 0.1) is 0 Å². The highest BCUT2D eigenvalue weighted by molar-refractivity contribution is 5.88. The zero-order valence-electron chi connectivity index (χ0n) is 17.0. The summed E-state index contributed by atoms with van der Waals surface area (Å²) in [5.74, 6) is -2.98. The summed E-state index contributed by atoms with van der Waals surface area (Å²) >= 11 is 0. The molecule has 0 saturated carbocycles. The molecule has 0 aliphatic rings. The van der Waals surface area contributed by atoms with Crippen molar-refractivity contribution in [2.45, 2.75) is 90.5 Å². The van der Waals surface area contributed by atoms with E-state index in [4.69, 9.17) is 20.3 Å².